The van der Waals surface area contributed by atoms with Gasteiger partial charge in [-0.05, 0) is 47.9 Å². The molecule has 1 aliphatic carbocycles. The lowest BCUT2D eigenvalue weighted by Crippen LogP contribution is -2.30. The van der Waals surface area contributed by atoms with E-state index in [0.29, 0.717) is 17.6 Å². The molecule has 0 aliphatic heterocycles. The van der Waals surface area contributed by atoms with Crippen molar-refractivity contribution in [2.45, 2.75) is 52.1 Å². The summed E-state index contributed by atoms with van der Waals surface area (Å²) in [4.78, 5) is 0. The predicted molar refractivity (Wildman–Crippen MR) is 69.5 cm³/mol. The molecule has 0 fully saturated rings. The molecule has 0 bridgehead atoms. The first-order valence-electron chi connectivity index (χ1n) is 6.43. The Bertz CT molecular complexity index is 423. The van der Waals surface area contributed by atoms with Crippen LogP contribution in [0.3, 0.4) is 0 Å². The number of aliphatic hydroxyl groups excluding tert-OH is 1. The van der Waals surface area contributed by atoms with Crippen molar-refractivity contribution in [3.8, 4) is 5.75 Å². The Morgan fingerprint density at radius 3 is 2.47 bits per heavy atom. The van der Waals surface area contributed by atoms with Crippen LogP contribution in [0.15, 0.2) is 12.1 Å². The second-order valence-electron chi connectivity index (χ2n) is 5.74. The van der Waals surface area contributed by atoms with Crippen molar-refractivity contribution in [1.82, 2.24) is 0 Å². The fraction of sp³-hybridized carbons (Fsp3) is 0.600. The number of phenolic OH excluding ortho intramolecular Hbond substituents is 1. The van der Waals surface area contributed by atoms with E-state index in [-0.39, 0.29) is 12.0 Å². The molecule has 1 aromatic rings. The summed E-state index contributed by atoms with van der Waals surface area (Å²) < 4.78 is 0. The SMILES string of the molecule is Cc1cc2c(cc1O)[C@@H](C)C[C@@H](O)[C@@H]2C(C)C. The molecule has 1 aliphatic rings. The van der Waals surface area contributed by atoms with Crippen LogP contribution in [-0.2, 0) is 0 Å². The number of aliphatic hydroxyl groups is 1. The third kappa shape index (κ3) is 2.06. The van der Waals surface area contributed by atoms with Gasteiger partial charge in [-0.3, -0.25) is 0 Å². The molecule has 2 nitrogen and oxygen atoms in total. The van der Waals surface area contributed by atoms with E-state index in [2.05, 4.69) is 20.8 Å². The van der Waals surface area contributed by atoms with E-state index < -0.39 is 0 Å². The van der Waals surface area contributed by atoms with Crippen molar-refractivity contribution in [2.24, 2.45) is 5.92 Å². The van der Waals surface area contributed by atoms with Crippen LogP contribution < -0.4 is 0 Å². The third-order valence-electron chi connectivity index (χ3n) is 4.02. The normalized spacial score (nSPS) is 28.2. The quantitative estimate of drug-likeness (QED) is 0.782. The maximum Gasteiger partial charge on any atom is 0.118 e. The molecule has 0 spiro atoms. The number of rotatable bonds is 1. The van der Waals surface area contributed by atoms with Crippen molar-refractivity contribution >= 4 is 0 Å². The van der Waals surface area contributed by atoms with E-state index in [1.54, 1.807) is 0 Å². The van der Waals surface area contributed by atoms with Gasteiger partial charge in [0.1, 0.15) is 5.75 Å². The number of hydrogen-bond acceptors (Lipinski definition) is 2. The van der Waals surface area contributed by atoms with E-state index in [1.165, 1.54) is 11.1 Å². The van der Waals surface area contributed by atoms with Crippen LogP contribution in [-0.4, -0.2) is 16.3 Å². The summed E-state index contributed by atoms with van der Waals surface area (Å²) in [5.41, 5.74) is 3.33. The largest absolute Gasteiger partial charge is 0.508 e. The van der Waals surface area contributed by atoms with Gasteiger partial charge in [0.25, 0.3) is 0 Å². The van der Waals surface area contributed by atoms with Gasteiger partial charge in [0, 0.05) is 5.92 Å². The second kappa shape index (κ2) is 4.34. The minimum Gasteiger partial charge on any atom is -0.508 e. The highest BCUT2D eigenvalue weighted by Gasteiger charge is 2.34. The van der Waals surface area contributed by atoms with Crippen LogP contribution in [0.2, 0.25) is 0 Å². The highest BCUT2D eigenvalue weighted by molar-refractivity contribution is 5.46. The van der Waals surface area contributed by atoms with Crippen LogP contribution in [0.1, 0.15) is 55.7 Å². The molecule has 3 atom stereocenters. The maximum atomic E-state index is 10.3. The topological polar surface area (TPSA) is 40.5 Å². The Kier molecular flexibility index (Phi) is 3.17. The van der Waals surface area contributed by atoms with E-state index in [1.807, 2.05) is 19.1 Å². The standard InChI is InChI=1S/C15H22O2/c1-8(2)15-12-5-10(4)13(16)7-11(12)9(3)6-14(15)17/h5,7-9,14-17H,6H2,1-4H3/t9-,14+,15+/m0/s1. The molecule has 0 unspecified atom stereocenters. The molecule has 0 aromatic heterocycles. The molecular formula is C15H22O2. The van der Waals surface area contributed by atoms with Gasteiger partial charge < -0.3 is 10.2 Å². The highest BCUT2D eigenvalue weighted by Crippen LogP contribution is 2.44. The Morgan fingerprint density at radius 1 is 1.24 bits per heavy atom. The summed E-state index contributed by atoms with van der Waals surface area (Å²) in [5, 5.41) is 20.1. The Hall–Kier alpha value is -1.02. The monoisotopic (exact) mass is 234 g/mol. The molecule has 0 amide bonds. The van der Waals surface area contributed by atoms with Gasteiger partial charge >= 0.3 is 0 Å². The molecule has 1 aromatic carbocycles. The zero-order chi connectivity index (χ0) is 12.7. The number of aryl methyl sites for hydroxylation is 1. The molecule has 0 saturated heterocycles. The summed E-state index contributed by atoms with van der Waals surface area (Å²) in [6.07, 6.45) is 0.527. The Morgan fingerprint density at radius 2 is 1.88 bits per heavy atom. The lowest BCUT2D eigenvalue weighted by atomic mass is 9.71. The molecule has 0 saturated carbocycles. The summed E-state index contributed by atoms with van der Waals surface area (Å²) >= 11 is 0. The van der Waals surface area contributed by atoms with Crippen LogP contribution in [0, 0.1) is 12.8 Å². The predicted octanol–water partition coefficient (Wildman–Crippen LogP) is 3.31. The summed E-state index contributed by atoms with van der Waals surface area (Å²) in [5.74, 6) is 1.30. The number of benzene rings is 1. The first kappa shape index (κ1) is 12.4. The van der Waals surface area contributed by atoms with E-state index >= 15 is 0 Å². The molecule has 17 heavy (non-hydrogen) atoms. The molecular weight excluding hydrogens is 212 g/mol. The number of hydrogen-bond donors (Lipinski definition) is 2. The van der Waals surface area contributed by atoms with Crippen LogP contribution >= 0.6 is 0 Å². The van der Waals surface area contributed by atoms with Crippen molar-refractivity contribution < 1.29 is 10.2 Å². The lowest BCUT2D eigenvalue weighted by molar-refractivity contribution is 0.0976. The first-order chi connectivity index (χ1) is 7.91. The summed E-state index contributed by atoms with van der Waals surface area (Å²) in [6, 6.07) is 3.94. The van der Waals surface area contributed by atoms with Gasteiger partial charge in [0.2, 0.25) is 0 Å². The molecule has 2 rings (SSSR count). The van der Waals surface area contributed by atoms with Gasteiger partial charge in [0.15, 0.2) is 0 Å². The van der Waals surface area contributed by atoms with Crippen molar-refractivity contribution in [3.05, 3.63) is 28.8 Å². The zero-order valence-electron chi connectivity index (χ0n) is 11.1. The average molecular weight is 234 g/mol. The van der Waals surface area contributed by atoms with Crippen molar-refractivity contribution in [3.63, 3.8) is 0 Å². The van der Waals surface area contributed by atoms with E-state index in [9.17, 15) is 10.2 Å². The minimum atomic E-state index is -0.263. The molecule has 2 N–H and O–H groups in total. The first-order valence-corrected chi connectivity index (χ1v) is 6.43. The summed E-state index contributed by atoms with van der Waals surface area (Å²) in [7, 11) is 0. The highest BCUT2D eigenvalue weighted by atomic mass is 16.3. The second-order valence-corrected chi connectivity index (χ2v) is 5.74. The van der Waals surface area contributed by atoms with Gasteiger partial charge in [0.05, 0.1) is 6.10 Å². The smallest absolute Gasteiger partial charge is 0.118 e. The third-order valence-corrected chi connectivity index (χ3v) is 4.02. The molecule has 0 radical (unpaired) electrons. The zero-order valence-corrected chi connectivity index (χ0v) is 11.1. The average Bonchev–Trinajstić information content (AvgIpc) is 2.20. The van der Waals surface area contributed by atoms with Crippen LogP contribution in [0.25, 0.3) is 0 Å². The Labute approximate surface area is 103 Å². The van der Waals surface area contributed by atoms with Crippen LogP contribution in [0.5, 0.6) is 5.75 Å². The maximum absolute atomic E-state index is 10.3. The van der Waals surface area contributed by atoms with Gasteiger partial charge in [-0.2, -0.15) is 0 Å². The minimum absolute atomic E-state index is 0.195. The van der Waals surface area contributed by atoms with E-state index in [4.69, 9.17) is 0 Å². The van der Waals surface area contributed by atoms with Gasteiger partial charge in [-0.15, -0.1) is 0 Å². The van der Waals surface area contributed by atoms with Crippen LogP contribution in [0.4, 0.5) is 0 Å². The van der Waals surface area contributed by atoms with Crippen molar-refractivity contribution in [1.29, 1.82) is 0 Å². The van der Waals surface area contributed by atoms with Crippen molar-refractivity contribution in [2.75, 3.05) is 0 Å². The molecule has 2 heteroatoms. The fourth-order valence-electron chi connectivity index (χ4n) is 3.10. The van der Waals surface area contributed by atoms with Gasteiger partial charge in [-0.1, -0.05) is 26.8 Å². The molecule has 94 valence electrons. The summed E-state index contributed by atoms with van der Waals surface area (Å²) in [6.45, 7) is 8.33. The van der Waals surface area contributed by atoms with E-state index in [0.717, 1.165) is 12.0 Å². The molecule has 0 heterocycles. The Balaban J connectivity index is 2.57. The number of aromatic hydroxyl groups is 1. The van der Waals surface area contributed by atoms with Gasteiger partial charge in [-0.25, -0.2) is 0 Å². The number of phenols is 1. The number of fused-ring (bicyclic) bond motifs is 1. The lowest BCUT2D eigenvalue weighted by Gasteiger charge is -2.36. The fourth-order valence-corrected chi connectivity index (χ4v) is 3.10.